The summed E-state index contributed by atoms with van der Waals surface area (Å²) in [5.74, 6) is -0.113. The van der Waals surface area contributed by atoms with E-state index < -0.39 is 0 Å². The van der Waals surface area contributed by atoms with E-state index in [2.05, 4.69) is 5.32 Å². The summed E-state index contributed by atoms with van der Waals surface area (Å²) in [5.41, 5.74) is 1.33. The van der Waals surface area contributed by atoms with Gasteiger partial charge >= 0.3 is 0 Å². The number of carbonyl (C=O) groups is 2. The molecule has 1 unspecified atom stereocenters. The summed E-state index contributed by atoms with van der Waals surface area (Å²) in [6.45, 7) is 4.79. The predicted molar refractivity (Wildman–Crippen MR) is 65.1 cm³/mol. The van der Waals surface area contributed by atoms with Gasteiger partial charge in [0.2, 0.25) is 5.91 Å². The van der Waals surface area contributed by atoms with E-state index in [1.807, 2.05) is 6.92 Å². The average Bonchev–Trinajstić information content (AvgIpc) is 2.19. The van der Waals surface area contributed by atoms with E-state index in [4.69, 9.17) is 0 Å². The Balaban J connectivity index is 2.90. The maximum Gasteiger partial charge on any atom is 0.217 e. The van der Waals surface area contributed by atoms with Crippen LogP contribution in [0.4, 0.5) is 0 Å². The Kier molecular flexibility index (Phi) is 4.26. The molecule has 1 atom stereocenters. The number of carbonyl (C=O) groups excluding carboxylic acids is 2. The van der Waals surface area contributed by atoms with Gasteiger partial charge in [-0.15, -0.1) is 0 Å². The van der Waals surface area contributed by atoms with Crippen LogP contribution in [0.15, 0.2) is 18.2 Å². The second-order valence-corrected chi connectivity index (χ2v) is 4.20. The van der Waals surface area contributed by atoms with Gasteiger partial charge in [0.1, 0.15) is 5.75 Å². The molecule has 2 N–H and O–H groups in total. The number of rotatable bonds is 4. The molecule has 0 saturated heterocycles. The Hall–Kier alpha value is -1.84. The first-order valence-corrected chi connectivity index (χ1v) is 5.50. The molecule has 0 aromatic heterocycles. The normalized spacial score (nSPS) is 11.9. The maximum atomic E-state index is 11.4. The molecule has 1 aromatic carbocycles. The van der Waals surface area contributed by atoms with Gasteiger partial charge in [0, 0.05) is 18.5 Å². The number of hydrogen-bond donors (Lipinski definition) is 2. The standard InChI is InChI=1S/C13H17NO3/c1-8(14-10(3)16)6-11-4-5-12(17)7-13(11)9(2)15/h4-5,7-8,17H,6H2,1-3H3,(H,14,16). The molecule has 0 radical (unpaired) electrons. The third-order valence-corrected chi connectivity index (χ3v) is 2.45. The summed E-state index contributed by atoms with van der Waals surface area (Å²) < 4.78 is 0. The van der Waals surface area contributed by atoms with Crippen LogP contribution in [0.1, 0.15) is 36.7 Å². The number of benzene rings is 1. The number of Topliss-reactive ketones (excluding diaryl/α,β-unsaturated/α-hetero) is 1. The van der Waals surface area contributed by atoms with Crippen molar-refractivity contribution in [3.05, 3.63) is 29.3 Å². The molecule has 4 heteroatoms. The van der Waals surface area contributed by atoms with Crippen molar-refractivity contribution >= 4 is 11.7 Å². The molecule has 0 spiro atoms. The van der Waals surface area contributed by atoms with Crippen molar-refractivity contribution in [1.82, 2.24) is 5.32 Å². The van der Waals surface area contributed by atoms with Gasteiger partial charge in [-0.1, -0.05) is 6.07 Å². The smallest absolute Gasteiger partial charge is 0.217 e. The number of aromatic hydroxyl groups is 1. The Morgan fingerprint density at radius 1 is 1.35 bits per heavy atom. The number of hydrogen-bond acceptors (Lipinski definition) is 3. The molecule has 0 saturated carbocycles. The van der Waals surface area contributed by atoms with Crippen molar-refractivity contribution < 1.29 is 14.7 Å². The van der Waals surface area contributed by atoms with Crippen LogP contribution in [0, 0.1) is 0 Å². The van der Waals surface area contributed by atoms with Gasteiger partial charge in [-0.3, -0.25) is 9.59 Å². The van der Waals surface area contributed by atoms with Crippen molar-refractivity contribution in [2.24, 2.45) is 0 Å². The lowest BCUT2D eigenvalue weighted by Crippen LogP contribution is -2.32. The first-order chi connectivity index (χ1) is 7.90. The molecular weight excluding hydrogens is 218 g/mol. The van der Waals surface area contributed by atoms with E-state index >= 15 is 0 Å². The van der Waals surface area contributed by atoms with E-state index in [0.717, 1.165) is 5.56 Å². The third kappa shape index (κ3) is 3.90. The topological polar surface area (TPSA) is 66.4 Å². The number of ketones is 1. The van der Waals surface area contributed by atoms with Gasteiger partial charge in [-0.25, -0.2) is 0 Å². The number of phenolic OH excluding ortho intramolecular Hbond substituents is 1. The van der Waals surface area contributed by atoms with Gasteiger partial charge in [-0.2, -0.15) is 0 Å². The highest BCUT2D eigenvalue weighted by atomic mass is 16.3. The lowest BCUT2D eigenvalue weighted by molar-refractivity contribution is -0.119. The Bertz CT molecular complexity index is 440. The van der Waals surface area contributed by atoms with Crippen molar-refractivity contribution in [3.8, 4) is 5.75 Å². The highest BCUT2D eigenvalue weighted by Crippen LogP contribution is 2.18. The Morgan fingerprint density at radius 3 is 2.53 bits per heavy atom. The quantitative estimate of drug-likeness (QED) is 0.780. The summed E-state index contributed by atoms with van der Waals surface area (Å²) in [7, 11) is 0. The van der Waals surface area contributed by atoms with Crippen molar-refractivity contribution in [3.63, 3.8) is 0 Å². The molecule has 0 aliphatic carbocycles. The lowest BCUT2D eigenvalue weighted by Gasteiger charge is -2.14. The number of amides is 1. The van der Waals surface area contributed by atoms with Crippen molar-refractivity contribution in [2.75, 3.05) is 0 Å². The fourth-order valence-electron chi connectivity index (χ4n) is 1.80. The van der Waals surface area contributed by atoms with Gasteiger partial charge in [-0.05, 0) is 38.0 Å². The fraction of sp³-hybridized carbons (Fsp3) is 0.385. The average molecular weight is 235 g/mol. The fourth-order valence-corrected chi connectivity index (χ4v) is 1.80. The number of nitrogens with one attached hydrogen (secondary N) is 1. The lowest BCUT2D eigenvalue weighted by atomic mass is 9.98. The summed E-state index contributed by atoms with van der Waals surface area (Å²) in [6, 6.07) is 4.67. The molecule has 17 heavy (non-hydrogen) atoms. The zero-order valence-electron chi connectivity index (χ0n) is 10.3. The molecule has 92 valence electrons. The van der Waals surface area contributed by atoms with Crippen LogP contribution >= 0.6 is 0 Å². The Labute approximate surface area is 101 Å². The molecule has 4 nitrogen and oxygen atoms in total. The first kappa shape index (κ1) is 13.2. The van der Waals surface area contributed by atoms with E-state index in [1.54, 1.807) is 12.1 Å². The van der Waals surface area contributed by atoms with E-state index in [1.165, 1.54) is 19.9 Å². The second kappa shape index (κ2) is 5.48. The molecule has 0 heterocycles. The second-order valence-electron chi connectivity index (χ2n) is 4.20. The molecule has 1 rings (SSSR count). The molecule has 0 fully saturated rings. The maximum absolute atomic E-state index is 11.4. The minimum Gasteiger partial charge on any atom is -0.508 e. The van der Waals surface area contributed by atoms with Crippen LogP contribution in [-0.4, -0.2) is 22.8 Å². The molecule has 1 amide bonds. The van der Waals surface area contributed by atoms with Crippen LogP contribution in [0.2, 0.25) is 0 Å². The zero-order valence-corrected chi connectivity index (χ0v) is 10.3. The van der Waals surface area contributed by atoms with E-state index in [9.17, 15) is 14.7 Å². The van der Waals surface area contributed by atoms with Crippen LogP contribution in [-0.2, 0) is 11.2 Å². The molecule has 1 aromatic rings. The van der Waals surface area contributed by atoms with Crippen molar-refractivity contribution in [2.45, 2.75) is 33.2 Å². The van der Waals surface area contributed by atoms with Crippen molar-refractivity contribution in [1.29, 1.82) is 0 Å². The van der Waals surface area contributed by atoms with E-state index in [-0.39, 0.29) is 23.5 Å². The minimum absolute atomic E-state index is 0.0462. The highest BCUT2D eigenvalue weighted by molar-refractivity contribution is 5.96. The van der Waals surface area contributed by atoms with Gasteiger partial charge in [0.05, 0.1) is 0 Å². The summed E-state index contributed by atoms with van der Waals surface area (Å²) >= 11 is 0. The third-order valence-electron chi connectivity index (χ3n) is 2.45. The van der Waals surface area contributed by atoms with E-state index in [0.29, 0.717) is 12.0 Å². The monoisotopic (exact) mass is 235 g/mol. The van der Waals surface area contributed by atoms with Gasteiger partial charge in [0.25, 0.3) is 0 Å². The summed E-state index contributed by atoms with van der Waals surface area (Å²) in [5, 5.41) is 12.1. The first-order valence-electron chi connectivity index (χ1n) is 5.50. The molecule has 0 aliphatic heterocycles. The summed E-state index contributed by atoms with van der Waals surface area (Å²) in [4.78, 5) is 22.3. The van der Waals surface area contributed by atoms with Crippen LogP contribution in [0.3, 0.4) is 0 Å². The van der Waals surface area contributed by atoms with Gasteiger partial charge < -0.3 is 10.4 Å². The zero-order chi connectivity index (χ0) is 13.0. The Morgan fingerprint density at radius 2 is 2.00 bits per heavy atom. The largest absolute Gasteiger partial charge is 0.508 e. The molecule has 0 aliphatic rings. The van der Waals surface area contributed by atoms with Crippen LogP contribution < -0.4 is 5.32 Å². The molecule has 0 bridgehead atoms. The summed E-state index contributed by atoms with van der Waals surface area (Å²) in [6.07, 6.45) is 0.564. The van der Waals surface area contributed by atoms with Crippen LogP contribution in [0.5, 0.6) is 5.75 Å². The highest BCUT2D eigenvalue weighted by Gasteiger charge is 2.12. The van der Waals surface area contributed by atoms with Crippen LogP contribution in [0.25, 0.3) is 0 Å². The SMILES string of the molecule is CC(=O)NC(C)Cc1ccc(O)cc1C(C)=O. The molecular formula is C13H17NO3. The minimum atomic E-state index is -0.0966. The predicted octanol–water partition coefficient (Wildman–Crippen LogP) is 1.66. The number of phenols is 1. The van der Waals surface area contributed by atoms with Gasteiger partial charge in [0.15, 0.2) is 5.78 Å².